The van der Waals surface area contributed by atoms with E-state index in [9.17, 15) is 4.79 Å². The molecule has 1 aliphatic carbocycles. The van der Waals surface area contributed by atoms with Gasteiger partial charge in [0.25, 0.3) is 0 Å². The van der Waals surface area contributed by atoms with E-state index in [0.717, 1.165) is 34.0 Å². The number of nitrogens with one attached hydrogen (secondary N) is 2. The van der Waals surface area contributed by atoms with Crippen molar-refractivity contribution in [2.45, 2.75) is 39.5 Å². The Kier molecular flexibility index (Phi) is 6.46. The summed E-state index contributed by atoms with van der Waals surface area (Å²) < 4.78 is 5.35. The van der Waals surface area contributed by atoms with Crippen LogP contribution < -0.4 is 10.6 Å². The minimum atomic E-state index is -0.351. The molecule has 8 heteroatoms. The molecule has 2 heterocycles. The standard InChI is InChI=1S/C22H23N3O2S3/c1-3-27-20(26)18-17(14-9-5-4-6-10-14)13(2)29-19(18)24-21(28)25-22-23-15-11-7-8-12-16(15)30-22/h4-6,9-10H,3,7-8,11-12H2,1-2H3,(H2,23,24,25,28). The highest BCUT2D eigenvalue weighted by Gasteiger charge is 2.25. The monoisotopic (exact) mass is 457 g/mol. The number of rotatable bonds is 5. The van der Waals surface area contributed by atoms with Gasteiger partial charge in [-0.1, -0.05) is 30.3 Å². The van der Waals surface area contributed by atoms with Crippen LogP contribution in [0.3, 0.4) is 0 Å². The van der Waals surface area contributed by atoms with E-state index in [2.05, 4.69) is 15.6 Å². The van der Waals surface area contributed by atoms with Gasteiger partial charge in [0, 0.05) is 15.3 Å². The molecule has 0 fully saturated rings. The highest BCUT2D eigenvalue weighted by Crippen LogP contribution is 2.40. The fraction of sp³-hybridized carbons (Fsp3) is 0.318. The highest BCUT2D eigenvalue weighted by atomic mass is 32.1. The molecule has 5 nitrogen and oxygen atoms in total. The van der Waals surface area contributed by atoms with Gasteiger partial charge in [0.15, 0.2) is 10.2 Å². The molecule has 156 valence electrons. The maximum Gasteiger partial charge on any atom is 0.341 e. The summed E-state index contributed by atoms with van der Waals surface area (Å²) in [7, 11) is 0. The first kappa shape index (κ1) is 21.0. The van der Waals surface area contributed by atoms with Gasteiger partial charge < -0.3 is 15.4 Å². The van der Waals surface area contributed by atoms with Crippen LogP contribution >= 0.6 is 34.9 Å². The summed E-state index contributed by atoms with van der Waals surface area (Å²) in [6.45, 7) is 4.13. The van der Waals surface area contributed by atoms with Gasteiger partial charge in [-0.15, -0.1) is 22.7 Å². The lowest BCUT2D eigenvalue weighted by atomic mass is 10.0. The van der Waals surface area contributed by atoms with Crippen LogP contribution in [0.4, 0.5) is 10.1 Å². The van der Waals surface area contributed by atoms with Crippen LogP contribution in [0, 0.1) is 6.92 Å². The zero-order valence-corrected chi connectivity index (χ0v) is 19.4. The first-order valence-electron chi connectivity index (χ1n) is 9.99. The molecule has 4 rings (SSSR count). The summed E-state index contributed by atoms with van der Waals surface area (Å²) in [5.74, 6) is -0.351. The lowest BCUT2D eigenvalue weighted by molar-refractivity contribution is 0.0529. The van der Waals surface area contributed by atoms with Crippen LogP contribution in [-0.4, -0.2) is 22.7 Å². The van der Waals surface area contributed by atoms with Crippen LogP contribution in [0.25, 0.3) is 11.1 Å². The van der Waals surface area contributed by atoms with Gasteiger partial charge in [-0.05, 0) is 57.3 Å². The minimum Gasteiger partial charge on any atom is -0.462 e. The van der Waals surface area contributed by atoms with Crippen molar-refractivity contribution in [3.63, 3.8) is 0 Å². The second kappa shape index (κ2) is 9.24. The molecule has 1 aliphatic rings. The topological polar surface area (TPSA) is 63.2 Å². The van der Waals surface area contributed by atoms with Crippen molar-refractivity contribution in [2.24, 2.45) is 0 Å². The third kappa shape index (κ3) is 4.40. The molecular formula is C22H23N3O2S3. The molecule has 2 aromatic heterocycles. The first-order chi connectivity index (χ1) is 14.6. The lowest BCUT2D eigenvalue weighted by Gasteiger charge is -2.10. The Hall–Kier alpha value is -2.29. The van der Waals surface area contributed by atoms with E-state index >= 15 is 0 Å². The van der Waals surface area contributed by atoms with Crippen LogP contribution in [-0.2, 0) is 17.6 Å². The number of thiophene rings is 1. The van der Waals surface area contributed by atoms with E-state index in [-0.39, 0.29) is 5.97 Å². The molecule has 0 radical (unpaired) electrons. The largest absolute Gasteiger partial charge is 0.462 e. The predicted molar refractivity (Wildman–Crippen MR) is 129 cm³/mol. The number of esters is 1. The SMILES string of the molecule is CCOC(=O)c1c(NC(=S)Nc2nc3c(s2)CCCC3)sc(C)c1-c1ccccc1. The van der Waals surface area contributed by atoms with Crippen LogP contribution in [0.5, 0.6) is 0 Å². The van der Waals surface area contributed by atoms with Crippen molar-refractivity contribution >= 4 is 56.1 Å². The number of aromatic nitrogens is 1. The molecule has 1 aromatic carbocycles. The van der Waals surface area contributed by atoms with Gasteiger partial charge in [-0.2, -0.15) is 0 Å². The summed E-state index contributed by atoms with van der Waals surface area (Å²) in [5, 5.41) is 8.32. The number of thiocarbonyl (C=S) groups is 1. The maximum atomic E-state index is 12.8. The van der Waals surface area contributed by atoms with Crippen molar-refractivity contribution < 1.29 is 9.53 Å². The summed E-state index contributed by atoms with van der Waals surface area (Å²) in [5.41, 5.74) is 3.57. The fourth-order valence-corrected chi connectivity index (χ4v) is 6.07. The first-order valence-corrected chi connectivity index (χ1v) is 12.0. The average Bonchev–Trinajstić information content (AvgIpc) is 3.28. The molecule has 30 heavy (non-hydrogen) atoms. The molecule has 0 spiro atoms. The van der Waals surface area contributed by atoms with Crippen molar-refractivity contribution in [1.82, 2.24) is 4.98 Å². The van der Waals surface area contributed by atoms with Gasteiger partial charge >= 0.3 is 5.97 Å². The number of anilines is 2. The van der Waals surface area contributed by atoms with E-state index in [1.807, 2.05) is 44.2 Å². The summed E-state index contributed by atoms with van der Waals surface area (Å²) >= 11 is 8.70. The zero-order valence-electron chi connectivity index (χ0n) is 16.9. The maximum absolute atomic E-state index is 12.8. The van der Waals surface area contributed by atoms with Gasteiger partial charge in [-0.25, -0.2) is 9.78 Å². The van der Waals surface area contributed by atoms with Crippen molar-refractivity contribution in [1.29, 1.82) is 0 Å². The minimum absolute atomic E-state index is 0.314. The molecule has 0 saturated carbocycles. The summed E-state index contributed by atoms with van der Waals surface area (Å²) in [4.78, 5) is 19.9. The Balaban J connectivity index is 1.61. The number of hydrogen-bond acceptors (Lipinski definition) is 6. The Labute approximate surface area is 189 Å². The van der Waals surface area contributed by atoms with Gasteiger partial charge in [0.05, 0.1) is 12.3 Å². The van der Waals surface area contributed by atoms with E-state index in [0.29, 0.717) is 22.3 Å². The molecular weight excluding hydrogens is 434 g/mol. The predicted octanol–water partition coefficient (Wildman–Crippen LogP) is 6.04. The van der Waals surface area contributed by atoms with Crippen molar-refractivity contribution in [3.05, 3.63) is 51.3 Å². The number of ether oxygens (including phenoxy) is 1. The van der Waals surface area contributed by atoms with Crippen LogP contribution in [0.15, 0.2) is 30.3 Å². The van der Waals surface area contributed by atoms with Gasteiger partial charge in [-0.3, -0.25) is 0 Å². The highest BCUT2D eigenvalue weighted by molar-refractivity contribution is 7.80. The van der Waals surface area contributed by atoms with Crippen molar-refractivity contribution in [3.8, 4) is 11.1 Å². The Bertz CT molecular complexity index is 1050. The smallest absolute Gasteiger partial charge is 0.341 e. The number of carbonyl (C=O) groups excluding carboxylic acids is 1. The molecule has 0 amide bonds. The number of thiazole rings is 1. The number of carbonyl (C=O) groups is 1. The van der Waals surface area contributed by atoms with E-state index in [1.165, 1.54) is 34.7 Å². The zero-order chi connectivity index (χ0) is 21.1. The normalized spacial score (nSPS) is 12.9. The van der Waals surface area contributed by atoms with Crippen LogP contribution in [0.2, 0.25) is 0 Å². The van der Waals surface area contributed by atoms with Crippen LogP contribution in [0.1, 0.15) is 45.6 Å². The van der Waals surface area contributed by atoms with Crippen molar-refractivity contribution in [2.75, 3.05) is 17.2 Å². The number of hydrogen-bond donors (Lipinski definition) is 2. The second-order valence-corrected chi connectivity index (χ2v) is 9.72. The molecule has 0 unspecified atom stereocenters. The lowest BCUT2D eigenvalue weighted by Crippen LogP contribution is -2.20. The van der Waals surface area contributed by atoms with E-state index < -0.39 is 0 Å². The Morgan fingerprint density at radius 1 is 1.17 bits per heavy atom. The molecule has 3 aromatic rings. The number of nitrogens with zero attached hydrogens (tertiary/aromatic N) is 1. The number of fused-ring (bicyclic) bond motifs is 1. The average molecular weight is 458 g/mol. The third-order valence-corrected chi connectivity index (χ3v) is 7.22. The molecule has 2 N–H and O–H groups in total. The Morgan fingerprint density at radius 3 is 2.67 bits per heavy atom. The molecule has 0 saturated heterocycles. The van der Waals surface area contributed by atoms with Gasteiger partial charge in [0.1, 0.15) is 10.6 Å². The second-order valence-electron chi connectivity index (χ2n) is 7.00. The third-order valence-electron chi connectivity index (χ3n) is 4.92. The number of aryl methyl sites for hydroxylation is 3. The fourth-order valence-electron chi connectivity index (χ4n) is 3.62. The summed E-state index contributed by atoms with van der Waals surface area (Å²) in [6, 6.07) is 9.88. The summed E-state index contributed by atoms with van der Waals surface area (Å²) in [6.07, 6.45) is 4.53. The molecule has 0 atom stereocenters. The quantitative estimate of drug-likeness (QED) is 0.359. The van der Waals surface area contributed by atoms with E-state index in [4.69, 9.17) is 17.0 Å². The van der Waals surface area contributed by atoms with E-state index in [1.54, 1.807) is 11.3 Å². The number of benzene rings is 1. The Morgan fingerprint density at radius 2 is 1.93 bits per heavy atom. The molecule has 0 bridgehead atoms. The van der Waals surface area contributed by atoms with Gasteiger partial charge in [0.2, 0.25) is 0 Å². The molecule has 0 aliphatic heterocycles.